The number of likely N-dealkylation sites (N-methyl/N-ethyl adjacent to an activating group) is 1. The normalized spacial score (nSPS) is 19.1. The van der Waals surface area contributed by atoms with Crippen LogP contribution in [0, 0.1) is 6.92 Å². The summed E-state index contributed by atoms with van der Waals surface area (Å²) >= 11 is 0. The molecule has 1 unspecified atom stereocenters. The van der Waals surface area contributed by atoms with Gasteiger partial charge < -0.3 is 10.2 Å². The van der Waals surface area contributed by atoms with Crippen molar-refractivity contribution in [2.75, 3.05) is 31.0 Å². The summed E-state index contributed by atoms with van der Waals surface area (Å²) in [5.74, 6) is -0.122. The summed E-state index contributed by atoms with van der Waals surface area (Å²) in [6.45, 7) is 7.02. The number of nitrogens with zero attached hydrogens (tertiary/aromatic N) is 1. The molecule has 2 atom stereocenters. The number of quaternary nitrogens is 1. The Morgan fingerprint density at radius 2 is 1.79 bits per heavy atom. The molecule has 1 heterocycles. The number of carbonyl (C=O) groups is 1. The zero-order valence-electron chi connectivity index (χ0n) is 17.3. The minimum Gasteiger partial charge on any atom is -0.346 e. The van der Waals surface area contributed by atoms with Gasteiger partial charge in [0.05, 0.1) is 30.2 Å². The van der Waals surface area contributed by atoms with E-state index in [4.69, 9.17) is 0 Å². The standard InChI is InChI=1S/C22H29N3O3S/c1-4-25-15-5-6-20(25)16-23-22(26)18-9-11-19(12-10-18)24(3)29(27,28)21-13-7-17(2)8-14-21/h7-14,20H,4-6,15-16H2,1-3H3,(H,23,26)/p+1/t20-/m1/s1. The van der Waals surface area contributed by atoms with E-state index in [1.165, 1.54) is 24.3 Å². The van der Waals surface area contributed by atoms with Crippen molar-refractivity contribution in [3.63, 3.8) is 0 Å². The van der Waals surface area contributed by atoms with Gasteiger partial charge in [-0.3, -0.25) is 9.10 Å². The second-order valence-electron chi connectivity index (χ2n) is 7.64. The summed E-state index contributed by atoms with van der Waals surface area (Å²) in [5, 5.41) is 3.02. The summed E-state index contributed by atoms with van der Waals surface area (Å²) in [7, 11) is -2.12. The molecule has 0 bridgehead atoms. The van der Waals surface area contributed by atoms with E-state index in [2.05, 4.69) is 12.2 Å². The molecule has 2 aromatic rings. The van der Waals surface area contributed by atoms with E-state index in [9.17, 15) is 13.2 Å². The first-order valence-corrected chi connectivity index (χ1v) is 11.6. The lowest BCUT2D eigenvalue weighted by molar-refractivity contribution is -0.909. The van der Waals surface area contributed by atoms with E-state index >= 15 is 0 Å². The van der Waals surface area contributed by atoms with E-state index in [0.717, 1.165) is 18.5 Å². The molecular weight excluding hydrogens is 386 g/mol. The minimum atomic E-state index is -3.64. The maximum absolute atomic E-state index is 12.8. The van der Waals surface area contributed by atoms with Crippen molar-refractivity contribution in [3.05, 3.63) is 59.7 Å². The Kier molecular flexibility index (Phi) is 6.59. The fourth-order valence-corrected chi connectivity index (χ4v) is 5.04. The van der Waals surface area contributed by atoms with E-state index in [1.807, 2.05) is 6.92 Å². The number of hydrogen-bond donors (Lipinski definition) is 2. The van der Waals surface area contributed by atoms with E-state index in [-0.39, 0.29) is 10.8 Å². The fraction of sp³-hybridized carbons (Fsp3) is 0.409. The van der Waals surface area contributed by atoms with Crippen molar-refractivity contribution >= 4 is 21.6 Å². The number of aryl methyl sites for hydroxylation is 1. The van der Waals surface area contributed by atoms with Crippen LogP contribution in [0.15, 0.2) is 53.4 Å². The molecule has 0 spiro atoms. The summed E-state index contributed by atoms with van der Waals surface area (Å²) in [6, 6.07) is 13.9. The van der Waals surface area contributed by atoms with Crippen LogP contribution in [-0.2, 0) is 10.0 Å². The second kappa shape index (κ2) is 8.97. The Hall–Kier alpha value is -2.38. The Labute approximate surface area is 173 Å². The summed E-state index contributed by atoms with van der Waals surface area (Å²) in [4.78, 5) is 14.3. The molecule has 1 aliphatic heterocycles. The van der Waals surface area contributed by atoms with Gasteiger partial charge in [0.2, 0.25) is 0 Å². The average Bonchev–Trinajstić information content (AvgIpc) is 3.19. The molecule has 0 radical (unpaired) electrons. The molecule has 7 heteroatoms. The molecule has 2 N–H and O–H groups in total. The number of likely N-dealkylation sites (tertiary alicyclic amines) is 1. The van der Waals surface area contributed by atoms with Gasteiger partial charge in [-0.05, 0) is 50.2 Å². The number of carbonyl (C=O) groups excluding carboxylic acids is 1. The summed E-state index contributed by atoms with van der Waals surface area (Å²) < 4.78 is 26.9. The smallest absolute Gasteiger partial charge is 0.264 e. The van der Waals surface area contributed by atoms with E-state index in [0.29, 0.717) is 23.8 Å². The molecule has 1 aliphatic rings. The van der Waals surface area contributed by atoms with Crippen molar-refractivity contribution in [2.24, 2.45) is 0 Å². The molecule has 29 heavy (non-hydrogen) atoms. The highest BCUT2D eigenvalue weighted by molar-refractivity contribution is 7.92. The van der Waals surface area contributed by atoms with Crippen LogP contribution in [0.5, 0.6) is 0 Å². The second-order valence-corrected chi connectivity index (χ2v) is 9.61. The first kappa shape index (κ1) is 21.3. The van der Waals surface area contributed by atoms with Gasteiger partial charge in [-0.25, -0.2) is 8.42 Å². The van der Waals surface area contributed by atoms with Gasteiger partial charge in [-0.15, -0.1) is 0 Å². The van der Waals surface area contributed by atoms with Crippen molar-refractivity contribution in [3.8, 4) is 0 Å². The summed E-state index contributed by atoms with van der Waals surface area (Å²) in [6.07, 6.45) is 2.35. The third kappa shape index (κ3) is 4.79. The lowest BCUT2D eigenvalue weighted by Gasteiger charge is -2.21. The highest BCUT2D eigenvalue weighted by Crippen LogP contribution is 2.22. The van der Waals surface area contributed by atoms with Crippen LogP contribution >= 0.6 is 0 Å². The monoisotopic (exact) mass is 416 g/mol. The number of amides is 1. The number of rotatable bonds is 7. The van der Waals surface area contributed by atoms with Crippen molar-refractivity contribution in [2.45, 2.75) is 37.6 Å². The van der Waals surface area contributed by atoms with Crippen LogP contribution in [0.25, 0.3) is 0 Å². The number of hydrogen-bond acceptors (Lipinski definition) is 3. The Balaban J connectivity index is 1.66. The molecule has 1 amide bonds. The Bertz CT molecular complexity index is 940. The SMILES string of the molecule is CC[NH+]1CCC[C@@H]1CNC(=O)c1ccc(N(C)S(=O)(=O)c2ccc(C)cc2)cc1. The number of nitrogens with one attached hydrogen (secondary N) is 2. The Morgan fingerprint density at radius 3 is 2.41 bits per heavy atom. The van der Waals surface area contributed by atoms with Crippen LogP contribution < -0.4 is 14.5 Å². The molecule has 2 aromatic carbocycles. The number of sulfonamides is 1. The zero-order valence-corrected chi connectivity index (χ0v) is 18.1. The van der Waals surface area contributed by atoms with Crippen LogP contribution in [0.3, 0.4) is 0 Å². The molecule has 6 nitrogen and oxygen atoms in total. The van der Waals surface area contributed by atoms with Gasteiger partial charge in [0.1, 0.15) is 6.04 Å². The average molecular weight is 417 g/mol. The van der Waals surface area contributed by atoms with E-state index < -0.39 is 10.0 Å². The first-order chi connectivity index (χ1) is 13.8. The zero-order chi connectivity index (χ0) is 21.0. The molecule has 1 fully saturated rings. The lowest BCUT2D eigenvalue weighted by atomic mass is 10.1. The molecule has 0 saturated carbocycles. The Morgan fingerprint density at radius 1 is 1.14 bits per heavy atom. The molecule has 156 valence electrons. The van der Waals surface area contributed by atoms with Gasteiger partial charge in [-0.2, -0.15) is 0 Å². The molecule has 1 saturated heterocycles. The predicted octanol–water partition coefficient (Wildman–Crippen LogP) is 1.62. The highest BCUT2D eigenvalue weighted by atomic mass is 32.2. The predicted molar refractivity (Wildman–Crippen MR) is 115 cm³/mol. The van der Waals surface area contributed by atoms with Crippen molar-refractivity contribution in [1.82, 2.24) is 5.32 Å². The van der Waals surface area contributed by atoms with Crippen LogP contribution in [0.4, 0.5) is 5.69 Å². The van der Waals surface area contributed by atoms with Gasteiger partial charge in [-0.1, -0.05) is 17.7 Å². The quantitative estimate of drug-likeness (QED) is 0.721. The number of benzene rings is 2. The van der Waals surface area contributed by atoms with Crippen LogP contribution in [-0.4, -0.2) is 47.0 Å². The molecule has 0 aromatic heterocycles. The minimum absolute atomic E-state index is 0.122. The largest absolute Gasteiger partial charge is 0.346 e. The molecular formula is C22H30N3O3S+. The fourth-order valence-electron chi connectivity index (χ4n) is 3.84. The maximum atomic E-state index is 12.8. The maximum Gasteiger partial charge on any atom is 0.264 e. The third-order valence-corrected chi connectivity index (χ3v) is 7.56. The summed E-state index contributed by atoms with van der Waals surface area (Å²) in [5.41, 5.74) is 2.05. The van der Waals surface area contributed by atoms with Crippen molar-refractivity contribution < 1.29 is 18.1 Å². The molecule has 0 aliphatic carbocycles. The van der Waals surface area contributed by atoms with Gasteiger partial charge in [0.15, 0.2) is 0 Å². The lowest BCUT2D eigenvalue weighted by Crippen LogP contribution is -3.14. The topological polar surface area (TPSA) is 70.9 Å². The third-order valence-electron chi connectivity index (χ3n) is 5.76. The molecule has 3 rings (SSSR count). The number of anilines is 1. The van der Waals surface area contributed by atoms with Crippen LogP contribution in [0.1, 0.15) is 35.7 Å². The van der Waals surface area contributed by atoms with Crippen LogP contribution in [0.2, 0.25) is 0 Å². The van der Waals surface area contributed by atoms with Gasteiger partial charge in [0.25, 0.3) is 15.9 Å². The van der Waals surface area contributed by atoms with Crippen molar-refractivity contribution in [1.29, 1.82) is 0 Å². The highest BCUT2D eigenvalue weighted by Gasteiger charge is 2.27. The first-order valence-electron chi connectivity index (χ1n) is 10.1. The van der Waals surface area contributed by atoms with Gasteiger partial charge >= 0.3 is 0 Å². The van der Waals surface area contributed by atoms with E-state index in [1.54, 1.807) is 53.4 Å². The van der Waals surface area contributed by atoms with Gasteiger partial charge in [0, 0.05) is 25.5 Å².